The first-order chi connectivity index (χ1) is 7.69. The molecule has 9 heteroatoms. The van der Waals surface area contributed by atoms with Crippen molar-refractivity contribution in [3.8, 4) is 0 Å². The third-order valence-corrected chi connectivity index (χ3v) is 3.18. The van der Waals surface area contributed by atoms with Crippen molar-refractivity contribution < 1.29 is 37.8 Å². The standard InChI is InChI=1S/C8H16O8S/c1-15-7-5(11)3(9)4(10)6(12)8(7)16-17(2,13)14/h3-12H,1-2H3/t3-,4-,5-,6+,7+,8-/m0/s1. The highest BCUT2D eigenvalue weighted by Gasteiger charge is 2.51. The molecule has 0 aromatic heterocycles. The summed E-state index contributed by atoms with van der Waals surface area (Å²) in [6.45, 7) is 0. The molecule has 4 N–H and O–H groups in total. The van der Waals surface area contributed by atoms with Gasteiger partial charge in [-0.3, -0.25) is 4.18 Å². The Hall–Kier alpha value is -0.290. The van der Waals surface area contributed by atoms with Gasteiger partial charge >= 0.3 is 0 Å². The van der Waals surface area contributed by atoms with E-state index >= 15 is 0 Å². The molecule has 6 atom stereocenters. The molecule has 17 heavy (non-hydrogen) atoms. The predicted octanol–water partition coefficient (Wildman–Crippen LogP) is -3.20. The van der Waals surface area contributed by atoms with Gasteiger partial charge in [-0.2, -0.15) is 8.42 Å². The highest BCUT2D eigenvalue weighted by molar-refractivity contribution is 7.86. The number of ether oxygens (including phenoxy) is 1. The van der Waals surface area contributed by atoms with E-state index in [2.05, 4.69) is 4.18 Å². The van der Waals surface area contributed by atoms with Crippen LogP contribution in [0.2, 0.25) is 0 Å². The van der Waals surface area contributed by atoms with Crippen molar-refractivity contribution in [1.82, 2.24) is 0 Å². The predicted molar refractivity (Wildman–Crippen MR) is 54.5 cm³/mol. The lowest BCUT2D eigenvalue weighted by Crippen LogP contribution is -2.65. The van der Waals surface area contributed by atoms with Gasteiger partial charge in [-0.05, 0) is 0 Å². The smallest absolute Gasteiger partial charge is 0.264 e. The molecule has 1 fully saturated rings. The van der Waals surface area contributed by atoms with E-state index in [4.69, 9.17) is 4.74 Å². The Kier molecular flexibility index (Phi) is 4.47. The number of aliphatic hydroxyl groups excluding tert-OH is 4. The first-order valence-corrected chi connectivity index (χ1v) is 6.64. The largest absolute Gasteiger partial charge is 0.387 e. The van der Waals surface area contributed by atoms with Crippen molar-refractivity contribution in [2.75, 3.05) is 13.4 Å². The monoisotopic (exact) mass is 272 g/mol. The van der Waals surface area contributed by atoms with Gasteiger partial charge in [0.2, 0.25) is 0 Å². The summed E-state index contributed by atoms with van der Waals surface area (Å²) in [7, 11) is -2.75. The first-order valence-electron chi connectivity index (χ1n) is 4.82. The summed E-state index contributed by atoms with van der Waals surface area (Å²) in [4.78, 5) is 0. The maximum Gasteiger partial charge on any atom is 0.264 e. The fourth-order valence-corrected chi connectivity index (χ4v) is 2.40. The summed E-state index contributed by atoms with van der Waals surface area (Å²) in [6, 6.07) is 0. The Morgan fingerprint density at radius 3 is 1.65 bits per heavy atom. The van der Waals surface area contributed by atoms with Crippen LogP contribution in [-0.2, 0) is 19.0 Å². The van der Waals surface area contributed by atoms with Gasteiger partial charge in [0.1, 0.15) is 36.6 Å². The van der Waals surface area contributed by atoms with Crippen molar-refractivity contribution in [3.63, 3.8) is 0 Å². The van der Waals surface area contributed by atoms with E-state index in [1.165, 1.54) is 0 Å². The van der Waals surface area contributed by atoms with Gasteiger partial charge in [-0.25, -0.2) is 0 Å². The second-order valence-electron chi connectivity index (χ2n) is 3.93. The van der Waals surface area contributed by atoms with E-state index < -0.39 is 46.7 Å². The molecule has 0 aromatic carbocycles. The molecule has 0 bridgehead atoms. The molecular weight excluding hydrogens is 256 g/mol. The molecule has 0 radical (unpaired) electrons. The maximum atomic E-state index is 11.0. The van der Waals surface area contributed by atoms with Crippen LogP contribution < -0.4 is 0 Å². The van der Waals surface area contributed by atoms with Gasteiger partial charge in [0.15, 0.2) is 0 Å². The van der Waals surface area contributed by atoms with E-state index in [0.717, 1.165) is 13.4 Å². The summed E-state index contributed by atoms with van der Waals surface area (Å²) in [6.07, 6.45) is -8.60. The fraction of sp³-hybridized carbons (Fsp3) is 1.00. The molecule has 0 saturated heterocycles. The second-order valence-corrected chi connectivity index (χ2v) is 5.53. The number of rotatable bonds is 3. The van der Waals surface area contributed by atoms with Crippen LogP contribution in [0.1, 0.15) is 0 Å². The normalized spacial score (nSPS) is 43.6. The molecule has 1 rings (SSSR count). The average molecular weight is 272 g/mol. The van der Waals surface area contributed by atoms with Crippen molar-refractivity contribution in [2.45, 2.75) is 36.6 Å². The highest BCUT2D eigenvalue weighted by Crippen LogP contribution is 2.26. The minimum absolute atomic E-state index is 0.760. The summed E-state index contributed by atoms with van der Waals surface area (Å²) in [5.74, 6) is 0. The van der Waals surface area contributed by atoms with Crippen molar-refractivity contribution >= 4 is 10.1 Å². The van der Waals surface area contributed by atoms with Crippen molar-refractivity contribution in [1.29, 1.82) is 0 Å². The Labute approximate surface area is 98.5 Å². The van der Waals surface area contributed by atoms with Crippen molar-refractivity contribution in [2.24, 2.45) is 0 Å². The number of aliphatic hydroxyl groups is 4. The van der Waals surface area contributed by atoms with E-state index in [-0.39, 0.29) is 0 Å². The molecule has 1 aliphatic rings. The molecule has 0 heterocycles. The van der Waals surface area contributed by atoms with Gasteiger partial charge in [-0.1, -0.05) is 0 Å². The molecule has 1 aliphatic carbocycles. The lowest BCUT2D eigenvalue weighted by atomic mass is 9.85. The van der Waals surface area contributed by atoms with Crippen LogP contribution in [0.4, 0.5) is 0 Å². The second kappa shape index (κ2) is 5.14. The molecule has 102 valence electrons. The number of methoxy groups -OCH3 is 1. The Morgan fingerprint density at radius 1 is 0.882 bits per heavy atom. The zero-order valence-corrected chi connectivity index (χ0v) is 10.1. The summed E-state index contributed by atoms with van der Waals surface area (Å²) >= 11 is 0. The van der Waals surface area contributed by atoms with Crippen molar-refractivity contribution in [3.05, 3.63) is 0 Å². The third-order valence-electron chi connectivity index (χ3n) is 2.60. The molecule has 1 saturated carbocycles. The van der Waals surface area contributed by atoms with E-state index in [9.17, 15) is 28.8 Å². The average Bonchev–Trinajstić information content (AvgIpc) is 2.22. The van der Waals surface area contributed by atoms with Gasteiger partial charge in [-0.15, -0.1) is 0 Å². The van der Waals surface area contributed by atoms with Crippen LogP contribution in [0.3, 0.4) is 0 Å². The summed E-state index contributed by atoms with van der Waals surface area (Å²) in [5.41, 5.74) is 0. The van der Waals surface area contributed by atoms with Gasteiger partial charge in [0, 0.05) is 7.11 Å². The Balaban J connectivity index is 2.98. The summed E-state index contributed by atoms with van der Waals surface area (Å²) < 4.78 is 31.3. The van der Waals surface area contributed by atoms with Crippen LogP contribution in [0.5, 0.6) is 0 Å². The summed E-state index contributed by atoms with van der Waals surface area (Å²) in [5, 5.41) is 38.0. The van der Waals surface area contributed by atoms with Crippen LogP contribution in [-0.4, -0.2) is 78.8 Å². The van der Waals surface area contributed by atoms with Crippen LogP contribution in [0.25, 0.3) is 0 Å². The molecular formula is C8H16O8S. The topological polar surface area (TPSA) is 134 Å². The zero-order valence-electron chi connectivity index (χ0n) is 9.29. The van der Waals surface area contributed by atoms with Gasteiger partial charge in [0.25, 0.3) is 10.1 Å². The van der Waals surface area contributed by atoms with E-state index in [1.54, 1.807) is 0 Å². The van der Waals surface area contributed by atoms with Crippen LogP contribution in [0.15, 0.2) is 0 Å². The quantitative estimate of drug-likeness (QED) is 0.395. The molecule has 0 spiro atoms. The fourth-order valence-electron chi connectivity index (χ4n) is 1.77. The number of hydrogen-bond acceptors (Lipinski definition) is 8. The minimum Gasteiger partial charge on any atom is -0.387 e. The molecule has 8 nitrogen and oxygen atoms in total. The number of hydrogen-bond donors (Lipinski definition) is 4. The van der Waals surface area contributed by atoms with Crippen LogP contribution >= 0.6 is 0 Å². The Bertz CT molecular complexity index is 355. The Morgan fingerprint density at radius 2 is 1.29 bits per heavy atom. The van der Waals surface area contributed by atoms with E-state index in [0.29, 0.717) is 0 Å². The van der Waals surface area contributed by atoms with Gasteiger partial charge < -0.3 is 25.2 Å². The SMILES string of the molecule is CO[C@@H]1[C@@H](O)[C@@H](O)[C@H](O)[C@@H](O)[C@@H]1OS(C)(=O)=O. The lowest BCUT2D eigenvalue weighted by Gasteiger charge is -2.42. The first kappa shape index (κ1) is 14.8. The molecule has 0 aromatic rings. The van der Waals surface area contributed by atoms with Gasteiger partial charge in [0.05, 0.1) is 6.26 Å². The maximum absolute atomic E-state index is 11.0. The molecule has 0 amide bonds. The van der Waals surface area contributed by atoms with E-state index in [1.807, 2.05) is 0 Å². The molecule has 0 unspecified atom stereocenters. The third kappa shape index (κ3) is 3.13. The zero-order chi connectivity index (χ0) is 13.4. The minimum atomic E-state index is -3.91. The highest BCUT2D eigenvalue weighted by atomic mass is 32.2. The molecule has 0 aliphatic heterocycles. The van der Waals surface area contributed by atoms with Crippen LogP contribution in [0, 0.1) is 0 Å². The lowest BCUT2D eigenvalue weighted by molar-refractivity contribution is -0.222.